The van der Waals surface area contributed by atoms with E-state index in [4.69, 9.17) is 0 Å². The third-order valence-electron chi connectivity index (χ3n) is 3.47. The van der Waals surface area contributed by atoms with Crippen LogP contribution in [0.1, 0.15) is 41.8 Å². The van der Waals surface area contributed by atoms with Crippen molar-refractivity contribution in [3.8, 4) is 0 Å². The molecule has 1 heterocycles. The molecule has 0 aromatic carbocycles. The van der Waals surface area contributed by atoms with E-state index in [-0.39, 0.29) is 18.2 Å². The molecule has 1 aliphatic carbocycles. The van der Waals surface area contributed by atoms with Gasteiger partial charge in [-0.2, -0.15) is 0 Å². The van der Waals surface area contributed by atoms with Gasteiger partial charge in [-0.25, -0.2) is 0 Å². The van der Waals surface area contributed by atoms with Crippen LogP contribution in [-0.4, -0.2) is 30.9 Å². The van der Waals surface area contributed by atoms with Gasteiger partial charge in [-0.3, -0.25) is 9.59 Å². The third-order valence-corrected chi connectivity index (χ3v) is 4.36. The lowest BCUT2D eigenvalue weighted by Gasteiger charge is -2.20. The van der Waals surface area contributed by atoms with Crippen LogP contribution in [0.25, 0.3) is 0 Å². The van der Waals surface area contributed by atoms with Crippen LogP contribution in [0.2, 0.25) is 0 Å². The van der Waals surface area contributed by atoms with Gasteiger partial charge in [0.1, 0.15) is 0 Å². The van der Waals surface area contributed by atoms with Crippen molar-refractivity contribution in [2.24, 2.45) is 0 Å². The quantitative estimate of drug-likeness (QED) is 0.642. The molecule has 5 heteroatoms. The summed E-state index contributed by atoms with van der Waals surface area (Å²) in [6.07, 6.45) is 4.64. The summed E-state index contributed by atoms with van der Waals surface area (Å²) in [5, 5.41) is 5.20. The van der Waals surface area contributed by atoms with Crippen LogP contribution in [0, 0.1) is 0 Å². The van der Waals surface area contributed by atoms with Crippen molar-refractivity contribution in [2.45, 2.75) is 44.2 Å². The third kappa shape index (κ3) is 3.88. The van der Waals surface area contributed by atoms with Crippen LogP contribution in [0.4, 0.5) is 0 Å². The molecule has 0 aliphatic heterocycles. The second-order valence-corrected chi connectivity index (χ2v) is 5.77. The number of nitrogens with one attached hydrogen (secondary N) is 1. The van der Waals surface area contributed by atoms with Gasteiger partial charge in [0.05, 0.1) is 24.4 Å². The summed E-state index contributed by atoms with van der Waals surface area (Å²) in [5.41, 5.74) is 0. The predicted octanol–water partition coefficient (Wildman–Crippen LogP) is 2.39. The molecule has 1 aromatic heterocycles. The molecule has 2 rings (SSSR count). The number of methoxy groups -OCH3 is 1. The summed E-state index contributed by atoms with van der Waals surface area (Å²) in [6.45, 7) is 0. The van der Waals surface area contributed by atoms with Gasteiger partial charge in [0.15, 0.2) is 5.78 Å². The molecule has 1 fully saturated rings. The van der Waals surface area contributed by atoms with Crippen molar-refractivity contribution < 1.29 is 14.3 Å². The maximum absolute atomic E-state index is 12.4. The molecule has 1 N–H and O–H groups in total. The van der Waals surface area contributed by atoms with E-state index < -0.39 is 6.04 Å². The number of carbonyl (C=O) groups is 2. The first-order valence-electron chi connectivity index (χ1n) is 6.61. The Morgan fingerprint density at radius 1 is 1.47 bits per heavy atom. The molecule has 1 saturated carbocycles. The Labute approximate surface area is 117 Å². The molecule has 0 amide bonds. The van der Waals surface area contributed by atoms with Gasteiger partial charge in [-0.1, -0.05) is 18.9 Å². The van der Waals surface area contributed by atoms with Crippen molar-refractivity contribution >= 4 is 23.1 Å². The van der Waals surface area contributed by atoms with Crippen molar-refractivity contribution in [3.63, 3.8) is 0 Å². The number of rotatable bonds is 6. The molecule has 1 aromatic rings. The van der Waals surface area contributed by atoms with Crippen LogP contribution in [0.15, 0.2) is 17.5 Å². The number of ketones is 1. The van der Waals surface area contributed by atoms with Crippen molar-refractivity contribution in [3.05, 3.63) is 22.4 Å². The second-order valence-electron chi connectivity index (χ2n) is 4.82. The highest BCUT2D eigenvalue weighted by molar-refractivity contribution is 7.12. The summed E-state index contributed by atoms with van der Waals surface area (Å²) in [6, 6.07) is 3.53. The van der Waals surface area contributed by atoms with Gasteiger partial charge in [0.25, 0.3) is 0 Å². The molecular formula is C14H19NO3S. The average Bonchev–Trinajstić information content (AvgIpc) is 3.09. The smallest absolute Gasteiger partial charge is 0.307 e. The zero-order chi connectivity index (χ0) is 13.7. The van der Waals surface area contributed by atoms with Crippen LogP contribution >= 0.6 is 11.3 Å². The Bertz CT molecular complexity index is 424. The minimum absolute atomic E-state index is 0.00713. The molecule has 4 nitrogen and oxygen atoms in total. The largest absolute Gasteiger partial charge is 0.469 e. The maximum atomic E-state index is 12.4. The molecule has 1 aliphatic rings. The maximum Gasteiger partial charge on any atom is 0.307 e. The highest BCUT2D eigenvalue weighted by atomic mass is 32.1. The number of thiophene rings is 1. The minimum Gasteiger partial charge on any atom is -0.469 e. The number of hydrogen-bond acceptors (Lipinski definition) is 5. The molecule has 0 radical (unpaired) electrons. The van der Waals surface area contributed by atoms with E-state index in [1.54, 1.807) is 6.07 Å². The second kappa shape index (κ2) is 6.82. The Morgan fingerprint density at radius 2 is 2.21 bits per heavy atom. The highest BCUT2D eigenvalue weighted by Crippen LogP contribution is 2.20. The van der Waals surface area contributed by atoms with E-state index >= 15 is 0 Å². The van der Waals surface area contributed by atoms with Crippen LogP contribution in [0.5, 0.6) is 0 Å². The fourth-order valence-electron chi connectivity index (χ4n) is 2.44. The first-order valence-corrected chi connectivity index (χ1v) is 7.49. The molecule has 1 atom stereocenters. The summed E-state index contributed by atoms with van der Waals surface area (Å²) in [4.78, 5) is 24.5. The van der Waals surface area contributed by atoms with Crippen molar-refractivity contribution in [2.75, 3.05) is 7.11 Å². The fraction of sp³-hybridized carbons (Fsp3) is 0.571. The Hall–Kier alpha value is -1.20. The lowest BCUT2D eigenvalue weighted by Crippen LogP contribution is -2.43. The minimum atomic E-state index is -0.464. The lowest BCUT2D eigenvalue weighted by atomic mass is 10.1. The molecule has 0 bridgehead atoms. The summed E-state index contributed by atoms with van der Waals surface area (Å²) < 4.78 is 4.68. The number of hydrogen-bond donors (Lipinski definition) is 1. The van der Waals surface area contributed by atoms with E-state index in [2.05, 4.69) is 10.1 Å². The Morgan fingerprint density at radius 3 is 2.79 bits per heavy atom. The van der Waals surface area contributed by atoms with Gasteiger partial charge in [0, 0.05) is 6.04 Å². The first kappa shape index (κ1) is 14.2. The van der Waals surface area contributed by atoms with Gasteiger partial charge in [0.2, 0.25) is 0 Å². The Kier molecular flexibility index (Phi) is 5.10. The highest BCUT2D eigenvalue weighted by Gasteiger charge is 2.27. The number of ether oxygens (including phenoxy) is 1. The zero-order valence-corrected chi connectivity index (χ0v) is 11.9. The van der Waals surface area contributed by atoms with Gasteiger partial charge < -0.3 is 10.1 Å². The lowest BCUT2D eigenvalue weighted by molar-refractivity contribution is -0.141. The summed E-state index contributed by atoms with van der Waals surface area (Å²) >= 11 is 1.41. The topological polar surface area (TPSA) is 55.4 Å². The monoisotopic (exact) mass is 281 g/mol. The van der Waals surface area contributed by atoms with E-state index in [1.807, 2.05) is 11.4 Å². The first-order chi connectivity index (χ1) is 9.20. The molecule has 0 spiro atoms. The summed E-state index contributed by atoms with van der Waals surface area (Å²) in [7, 11) is 1.35. The van der Waals surface area contributed by atoms with E-state index in [1.165, 1.54) is 31.3 Å². The van der Waals surface area contributed by atoms with Crippen molar-refractivity contribution in [1.82, 2.24) is 5.32 Å². The van der Waals surface area contributed by atoms with Crippen LogP contribution in [0.3, 0.4) is 0 Å². The molecule has 1 unspecified atom stereocenters. The molecular weight excluding hydrogens is 262 g/mol. The van der Waals surface area contributed by atoms with Crippen LogP contribution in [-0.2, 0) is 9.53 Å². The van der Waals surface area contributed by atoms with Gasteiger partial charge >= 0.3 is 5.97 Å². The molecule has 19 heavy (non-hydrogen) atoms. The number of esters is 1. The average molecular weight is 281 g/mol. The normalized spacial score (nSPS) is 17.3. The van der Waals surface area contributed by atoms with Gasteiger partial charge in [-0.05, 0) is 24.3 Å². The van der Waals surface area contributed by atoms with Crippen molar-refractivity contribution in [1.29, 1.82) is 0 Å². The van der Waals surface area contributed by atoms with E-state index in [0.717, 1.165) is 12.8 Å². The predicted molar refractivity (Wildman–Crippen MR) is 74.5 cm³/mol. The number of carbonyl (C=O) groups excluding carboxylic acids is 2. The molecule has 104 valence electrons. The van der Waals surface area contributed by atoms with Gasteiger partial charge in [-0.15, -0.1) is 11.3 Å². The van der Waals surface area contributed by atoms with Crippen LogP contribution < -0.4 is 5.32 Å². The Balaban J connectivity index is 2.04. The van der Waals surface area contributed by atoms with E-state index in [9.17, 15) is 9.59 Å². The molecule has 0 saturated heterocycles. The zero-order valence-electron chi connectivity index (χ0n) is 11.1. The fourth-order valence-corrected chi connectivity index (χ4v) is 3.16. The van der Waals surface area contributed by atoms with E-state index in [0.29, 0.717) is 10.9 Å². The number of Topliss-reactive ketones (excluding diaryl/α,β-unsaturated/α-hetero) is 1. The summed E-state index contributed by atoms with van der Waals surface area (Å²) in [5.74, 6) is -0.354. The standard InChI is InChI=1S/C14H19NO3S/c1-18-13(16)9-11(15-10-5-2-3-6-10)14(17)12-7-4-8-19-12/h4,7-8,10-11,15H,2-3,5-6,9H2,1H3. The SMILES string of the molecule is COC(=O)CC(NC1CCCC1)C(=O)c1cccs1.